The Labute approximate surface area is 54.6 Å². The van der Waals surface area contributed by atoms with E-state index in [-0.39, 0.29) is 18.7 Å². The summed E-state index contributed by atoms with van der Waals surface area (Å²) >= 11 is 0. The third-order valence-corrected chi connectivity index (χ3v) is 0.129. The van der Waals surface area contributed by atoms with Gasteiger partial charge in [0.2, 0.25) is 5.91 Å². The Kier molecular flexibility index (Phi) is 27.4. The Morgan fingerprint density at radius 3 is 1.78 bits per heavy atom. The molecular formula is C4H15N3O2. The summed E-state index contributed by atoms with van der Waals surface area (Å²) in [4.78, 5) is 9.22. The molecule has 0 aromatic rings. The van der Waals surface area contributed by atoms with Gasteiger partial charge in [0.15, 0.2) is 0 Å². The number of primary amides is 1. The first-order valence-corrected chi connectivity index (χ1v) is 2.22. The average Bonchev–Trinajstić information content (AvgIpc) is 1.65. The van der Waals surface area contributed by atoms with Gasteiger partial charge in [-0.05, 0) is 0 Å². The topological polar surface area (TPSA) is 124 Å². The minimum Gasteiger partial charge on any atom is -0.395 e. The Bertz CT molecular complexity index is 51.8. The van der Waals surface area contributed by atoms with Crippen molar-refractivity contribution in [3.05, 3.63) is 0 Å². The summed E-state index contributed by atoms with van der Waals surface area (Å²) in [6.45, 7) is 1.78. The number of carbonyl (C=O) groups excluding carboxylic acids is 1. The van der Waals surface area contributed by atoms with Gasteiger partial charge in [-0.3, -0.25) is 4.79 Å². The van der Waals surface area contributed by atoms with Gasteiger partial charge in [0.25, 0.3) is 0 Å². The van der Waals surface area contributed by atoms with Gasteiger partial charge in [-0.1, -0.05) is 0 Å². The molecule has 0 unspecified atom stereocenters. The van der Waals surface area contributed by atoms with Crippen LogP contribution in [0.2, 0.25) is 0 Å². The summed E-state index contributed by atoms with van der Waals surface area (Å²) in [5.41, 5.74) is 9.25. The van der Waals surface area contributed by atoms with Crippen LogP contribution < -0.4 is 17.6 Å². The van der Waals surface area contributed by atoms with Crippen LogP contribution in [0.3, 0.4) is 0 Å². The zero-order valence-corrected chi connectivity index (χ0v) is 5.63. The number of hydrogen-bond donors (Lipinski definition) is 4. The number of nitrogens with two attached hydrogens (primary N) is 2. The highest BCUT2D eigenvalue weighted by atomic mass is 16.3. The van der Waals surface area contributed by atoms with E-state index >= 15 is 0 Å². The molecule has 58 valence electrons. The van der Waals surface area contributed by atoms with Crippen LogP contribution in [0.25, 0.3) is 0 Å². The molecule has 0 saturated carbocycles. The Morgan fingerprint density at radius 1 is 1.67 bits per heavy atom. The van der Waals surface area contributed by atoms with Crippen LogP contribution in [-0.2, 0) is 4.79 Å². The van der Waals surface area contributed by atoms with Gasteiger partial charge in [-0.2, -0.15) is 0 Å². The molecule has 0 radical (unpaired) electrons. The summed E-state index contributed by atoms with van der Waals surface area (Å²) in [6, 6.07) is 0. The molecular weight excluding hydrogens is 122 g/mol. The lowest BCUT2D eigenvalue weighted by Gasteiger charge is -1.71. The second-order valence-electron chi connectivity index (χ2n) is 1.12. The number of aliphatic hydroxyl groups excluding tert-OH is 1. The first kappa shape index (κ1) is 15.8. The molecule has 5 heteroatoms. The van der Waals surface area contributed by atoms with E-state index in [1.165, 1.54) is 6.92 Å². The van der Waals surface area contributed by atoms with Gasteiger partial charge in [0, 0.05) is 13.5 Å². The molecule has 0 aliphatic heterocycles. The summed E-state index contributed by atoms with van der Waals surface area (Å²) in [7, 11) is 0. The van der Waals surface area contributed by atoms with Crippen molar-refractivity contribution in [2.24, 2.45) is 11.5 Å². The maximum absolute atomic E-state index is 9.22. The van der Waals surface area contributed by atoms with Gasteiger partial charge in [-0.25, -0.2) is 0 Å². The van der Waals surface area contributed by atoms with Gasteiger partial charge in [0.05, 0.1) is 6.61 Å². The molecule has 5 nitrogen and oxygen atoms in total. The second-order valence-corrected chi connectivity index (χ2v) is 1.12. The average molecular weight is 137 g/mol. The van der Waals surface area contributed by atoms with Crippen molar-refractivity contribution in [3.8, 4) is 0 Å². The molecule has 0 heterocycles. The lowest BCUT2D eigenvalue weighted by atomic mass is 10.8. The minimum atomic E-state index is -0.333. The predicted molar refractivity (Wildman–Crippen MR) is 36.0 cm³/mol. The van der Waals surface area contributed by atoms with E-state index in [0.717, 1.165) is 0 Å². The second kappa shape index (κ2) is 15.7. The number of carbonyl (C=O) groups is 1. The summed E-state index contributed by atoms with van der Waals surface area (Å²) < 4.78 is 0. The zero-order valence-electron chi connectivity index (χ0n) is 5.63. The van der Waals surface area contributed by atoms with E-state index in [9.17, 15) is 4.79 Å². The van der Waals surface area contributed by atoms with Crippen molar-refractivity contribution in [2.45, 2.75) is 6.92 Å². The Balaban J connectivity index is -0.0000000720. The zero-order chi connectivity index (χ0) is 6.99. The van der Waals surface area contributed by atoms with Crippen molar-refractivity contribution in [1.82, 2.24) is 6.15 Å². The van der Waals surface area contributed by atoms with Gasteiger partial charge >= 0.3 is 0 Å². The SMILES string of the molecule is CC(N)=O.N.NCCO. The third kappa shape index (κ3) is 1720. The van der Waals surface area contributed by atoms with Crippen LogP contribution in [0, 0.1) is 0 Å². The molecule has 0 spiro atoms. The standard InChI is InChI=1S/C2H5NO.C2H7NO.H3N/c1-2(3)4;3-1-2-4;/h1H3,(H2,3,4);4H,1-3H2;1H3. The molecule has 8 N–H and O–H groups in total. The molecule has 0 atom stereocenters. The maximum atomic E-state index is 9.22. The highest BCUT2D eigenvalue weighted by molar-refractivity contribution is 5.70. The van der Waals surface area contributed by atoms with Crippen LogP contribution in [0.4, 0.5) is 0 Å². The van der Waals surface area contributed by atoms with Crippen molar-refractivity contribution in [2.75, 3.05) is 13.2 Å². The molecule has 1 amide bonds. The van der Waals surface area contributed by atoms with E-state index in [1.807, 2.05) is 0 Å². The predicted octanol–water partition coefficient (Wildman–Crippen LogP) is -1.41. The molecule has 0 aliphatic rings. The number of rotatable bonds is 1. The van der Waals surface area contributed by atoms with Crippen LogP contribution in [0.1, 0.15) is 6.92 Å². The Morgan fingerprint density at radius 2 is 1.78 bits per heavy atom. The first-order chi connectivity index (χ1) is 3.65. The molecule has 0 aromatic heterocycles. The van der Waals surface area contributed by atoms with Gasteiger partial charge in [0.1, 0.15) is 0 Å². The Hall–Kier alpha value is -0.650. The van der Waals surface area contributed by atoms with Crippen molar-refractivity contribution in [3.63, 3.8) is 0 Å². The molecule has 0 aliphatic carbocycles. The third-order valence-electron chi connectivity index (χ3n) is 0.129. The van der Waals surface area contributed by atoms with Gasteiger partial charge in [-0.15, -0.1) is 0 Å². The first-order valence-electron chi connectivity index (χ1n) is 2.22. The highest BCUT2D eigenvalue weighted by Crippen LogP contribution is 1.33. The van der Waals surface area contributed by atoms with Crippen molar-refractivity contribution < 1.29 is 9.90 Å². The smallest absolute Gasteiger partial charge is 0.214 e. The van der Waals surface area contributed by atoms with E-state index in [1.54, 1.807) is 0 Å². The lowest BCUT2D eigenvalue weighted by molar-refractivity contribution is -0.115. The molecule has 0 rings (SSSR count). The molecule has 9 heavy (non-hydrogen) atoms. The molecule has 0 aromatic carbocycles. The van der Waals surface area contributed by atoms with Crippen LogP contribution >= 0.6 is 0 Å². The fraction of sp³-hybridized carbons (Fsp3) is 0.750. The fourth-order valence-corrected chi connectivity index (χ4v) is 0. The van der Waals surface area contributed by atoms with Crippen molar-refractivity contribution >= 4 is 5.91 Å². The van der Waals surface area contributed by atoms with Crippen molar-refractivity contribution in [1.29, 1.82) is 0 Å². The maximum Gasteiger partial charge on any atom is 0.214 e. The van der Waals surface area contributed by atoms with Crippen LogP contribution in [0.5, 0.6) is 0 Å². The monoisotopic (exact) mass is 137 g/mol. The van der Waals surface area contributed by atoms with Gasteiger partial charge < -0.3 is 22.7 Å². The molecule has 0 fully saturated rings. The number of hydrogen-bond acceptors (Lipinski definition) is 4. The molecule has 0 saturated heterocycles. The summed E-state index contributed by atoms with van der Waals surface area (Å²) in [6.07, 6.45) is 0. The lowest BCUT2D eigenvalue weighted by Crippen LogP contribution is -2.02. The van der Waals surface area contributed by atoms with E-state index in [4.69, 9.17) is 10.8 Å². The molecule has 0 bridgehead atoms. The number of aliphatic hydroxyl groups is 1. The van der Waals surface area contributed by atoms with E-state index < -0.39 is 0 Å². The van der Waals surface area contributed by atoms with Crippen LogP contribution in [-0.4, -0.2) is 24.2 Å². The van der Waals surface area contributed by atoms with E-state index in [2.05, 4.69) is 5.73 Å². The van der Waals surface area contributed by atoms with Crippen LogP contribution in [0.15, 0.2) is 0 Å². The number of amides is 1. The fourth-order valence-electron chi connectivity index (χ4n) is 0. The highest BCUT2D eigenvalue weighted by Gasteiger charge is 1.61. The summed E-state index contributed by atoms with van der Waals surface area (Å²) in [5, 5.41) is 7.75. The quantitative estimate of drug-likeness (QED) is 0.354. The normalized spacial score (nSPS) is 6.11. The largest absolute Gasteiger partial charge is 0.395 e. The minimum absolute atomic E-state index is 0. The summed E-state index contributed by atoms with van der Waals surface area (Å²) in [5.74, 6) is -0.333. The van der Waals surface area contributed by atoms with E-state index in [0.29, 0.717) is 6.54 Å².